The van der Waals surface area contributed by atoms with Gasteiger partial charge in [-0.3, -0.25) is 9.63 Å². The van der Waals surface area contributed by atoms with Gasteiger partial charge < -0.3 is 0 Å². The van der Waals surface area contributed by atoms with Crippen molar-refractivity contribution in [1.29, 1.82) is 0 Å². The Morgan fingerprint density at radius 1 is 1.13 bits per heavy atom. The van der Waals surface area contributed by atoms with Crippen molar-refractivity contribution < 1.29 is 18.0 Å². The van der Waals surface area contributed by atoms with Crippen molar-refractivity contribution in [3.05, 3.63) is 0 Å². The summed E-state index contributed by atoms with van der Waals surface area (Å²) in [4.78, 5) is 16.6. The summed E-state index contributed by atoms with van der Waals surface area (Å²) >= 11 is 0. The van der Waals surface area contributed by atoms with E-state index in [4.69, 9.17) is 4.84 Å². The highest BCUT2D eigenvalue weighted by molar-refractivity contribution is 7.92. The highest BCUT2D eigenvalue weighted by Gasteiger charge is 2.39. The molecule has 6 heteroatoms. The van der Waals surface area contributed by atoms with Crippen LogP contribution in [-0.2, 0) is 19.5 Å². The van der Waals surface area contributed by atoms with Gasteiger partial charge in [0.15, 0.2) is 9.84 Å². The lowest BCUT2D eigenvalue weighted by atomic mass is 10.2. The van der Waals surface area contributed by atoms with Crippen LogP contribution in [0.4, 0.5) is 0 Å². The van der Waals surface area contributed by atoms with E-state index in [0.717, 1.165) is 6.26 Å². The SMILES string of the molecule is CC(C)(C)ONC(=O)C(C)(C)S(C)(=O)=O. The Labute approximate surface area is 91.1 Å². The number of hydrogen-bond acceptors (Lipinski definition) is 4. The largest absolute Gasteiger partial charge is 0.271 e. The summed E-state index contributed by atoms with van der Waals surface area (Å²) in [5, 5.41) is 0. The van der Waals surface area contributed by atoms with Gasteiger partial charge in [-0.05, 0) is 34.6 Å². The van der Waals surface area contributed by atoms with Gasteiger partial charge in [-0.2, -0.15) is 0 Å². The van der Waals surface area contributed by atoms with E-state index in [1.807, 2.05) is 0 Å². The number of carbonyl (C=O) groups is 1. The van der Waals surface area contributed by atoms with Crippen molar-refractivity contribution in [1.82, 2.24) is 5.48 Å². The average Bonchev–Trinajstić information content (AvgIpc) is 1.96. The van der Waals surface area contributed by atoms with E-state index < -0.39 is 26.1 Å². The molecule has 5 nitrogen and oxygen atoms in total. The molecule has 0 radical (unpaired) electrons. The molecule has 0 saturated heterocycles. The number of nitrogens with one attached hydrogen (secondary N) is 1. The van der Waals surface area contributed by atoms with Crippen molar-refractivity contribution in [2.45, 2.75) is 45.0 Å². The molecule has 0 unspecified atom stereocenters. The summed E-state index contributed by atoms with van der Waals surface area (Å²) in [6.07, 6.45) is 1.02. The molecule has 1 N–H and O–H groups in total. The third-order valence-corrected chi connectivity index (χ3v) is 3.96. The standard InChI is InChI=1S/C9H19NO4S/c1-8(2,3)14-10-7(11)9(4,5)15(6,12)13/h1-6H3,(H,10,11). The van der Waals surface area contributed by atoms with Crippen LogP contribution in [0.2, 0.25) is 0 Å². The molecule has 0 aliphatic rings. The van der Waals surface area contributed by atoms with Gasteiger partial charge in [0.05, 0.1) is 5.60 Å². The topological polar surface area (TPSA) is 72.5 Å². The van der Waals surface area contributed by atoms with E-state index in [1.165, 1.54) is 13.8 Å². The summed E-state index contributed by atoms with van der Waals surface area (Å²) < 4.78 is 21.1. The maximum atomic E-state index is 11.5. The maximum Gasteiger partial charge on any atom is 0.264 e. The monoisotopic (exact) mass is 237 g/mol. The summed E-state index contributed by atoms with van der Waals surface area (Å²) in [6.45, 7) is 7.93. The van der Waals surface area contributed by atoms with Crippen LogP contribution in [0.3, 0.4) is 0 Å². The molecule has 0 atom stereocenters. The van der Waals surface area contributed by atoms with Crippen LogP contribution in [0.15, 0.2) is 0 Å². The van der Waals surface area contributed by atoms with Crippen molar-refractivity contribution in [2.75, 3.05) is 6.26 Å². The predicted molar refractivity (Wildman–Crippen MR) is 57.9 cm³/mol. The second kappa shape index (κ2) is 4.09. The normalized spacial score (nSPS) is 13.7. The van der Waals surface area contributed by atoms with Crippen molar-refractivity contribution >= 4 is 15.7 Å². The van der Waals surface area contributed by atoms with E-state index in [0.29, 0.717) is 0 Å². The Kier molecular flexibility index (Phi) is 3.93. The minimum Gasteiger partial charge on any atom is -0.271 e. The second-order valence-corrected chi connectivity index (χ2v) is 7.49. The molecule has 0 aromatic heterocycles. The van der Waals surface area contributed by atoms with E-state index >= 15 is 0 Å². The van der Waals surface area contributed by atoms with Gasteiger partial charge >= 0.3 is 0 Å². The van der Waals surface area contributed by atoms with Crippen LogP contribution in [0, 0.1) is 0 Å². The molecular formula is C9H19NO4S. The van der Waals surface area contributed by atoms with Gasteiger partial charge in [-0.25, -0.2) is 13.9 Å². The maximum absolute atomic E-state index is 11.5. The molecule has 0 bridgehead atoms. The Morgan fingerprint density at radius 3 is 1.80 bits per heavy atom. The molecule has 0 heterocycles. The first kappa shape index (κ1) is 14.4. The molecule has 0 aliphatic heterocycles. The number of rotatable bonds is 3. The number of carbonyl (C=O) groups excluding carboxylic acids is 1. The Morgan fingerprint density at radius 2 is 1.53 bits per heavy atom. The van der Waals surface area contributed by atoms with E-state index in [2.05, 4.69) is 5.48 Å². The fourth-order valence-corrected chi connectivity index (χ4v) is 0.869. The minimum absolute atomic E-state index is 0.552. The lowest BCUT2D eigenvalue weighted by molar-refractivity contribution is -0.147. The highest BCUT2D eigenvalue weighted by Crippen LogP contribution is 2.15. The van der Waals surface area contributed by atoms with Crippen LogP contribution in [0.25, 0.3) is 0 Å². The molecule has 0 rings (SSSR count). The predicted octanol–water partition coefficient (Wildman–Crippen LogP) is 0.656. The van der Waals surface area contributed by atoms with Gasteiger partial charge in [-0.15, -0.1) is 0 Å². The van der Waals surface area contributed by atoms with E-state index in [-0.39, 0.29) is 0 Å². The third-order valence-electron chi connectivity index (χ3n) is 1.92. The third kappa shape index (κ3) is 4.17. The van der Waals surface area contributed by atoms with Gasteiger partial charge in [0.25, 0.3) is 5.91 Å². The minimum atomic E-state index is -3.46. The molecule has 90 valence electrons. The first-order valence-electron chi connectivity index (χ1n) is 4.56. The van der Waals surface area contributed by atoms with Crippen LogP contribution in [-0.4, -0.2) is 30.9 Å². The van der Waals surface area contributed by atoms with Gasteiger partial charge in [0.2, 0.25) is 0 Å². The number of sulfone groups is 1. The first-order valence-corrected chi connectivity index (χ1v) is 6.45. The zero-order valence-corrected chi connectivity index (χ0v) is 10.9. The van der Waals surface area contributed by atoms with Crippen LogP contribution in [0.5, 0.6) is 0 Å². The summed E-state index contributed by atoms with van der Waals surface area (Å²) in [5.74, 6) is -0.667. The van der Waals surface area contributed by atoms with Gasteiger partial charge in [-0.1, -0.05) is 0 Å². The number of amides is 1. The fraction of sp³-hybridized carbons (Fsp3) is 0.889. The number of hydroxylamine groups is 1. The van der Waals surface area contributed by atoms with Crippen LogP contribution >= 0.6 is 0 Å². The molecule has 0 saturated carbocycles. The molecule has 1 amide bonds. The van der Waals surface area contributed by atoms with E-state index in [1.54, 1.807) is 20.8 Å². The zero-order valence-electron chi connectivity index (χ0n) is 10.0. The molecule has 0 aliphatic carbocycles. The molecule has 0 aromatic carbocycles. The Hall–Kier alpha value is -0.620. The zero-order chi connectivity index (χ0) is 12.5. The average molecular weight is 237 g/mol. The lowest BCUT2D eigenvalue weighted by Crippen LogP contribution is -2.49. The number of hydrogen-bond donors (Lipinski definition) is 1. The van der Waals surface area contributed by atoms with Crippen molar-refractivity contribution in [3.63, 3.8) is 0 Å². The molecular weight excluding hydrogens is 218 g/mol. The Balaban J connectivity index is 4.62. The molecule has 0 fully saturated rings. The van der Waals surface area contributed by atoms with Crippen LogP contribution < -0.4 is 5.48 Å². The molecule has 0 spiro atoms. The lowest BCUT2D eigenvalue weighted by Gasteiger charge is -2.25. The second-order valence-electron chi connectivity index (χ2n) is 4.93. The smallest absolute Gasteiger partial charge is 0.264 e. The molecule has 0 aromatic rings. The Bertz CT molecular complexity index is 338. The highest BCUT2D eigenvalue weighted by atomic mass is 32.2. The first-order chi connectivity index (χ1) is 6.38. The fourth-order valence-electron chi connectivity index (χ4n) is 0.491. The van der Waals surface area contributed by atoms with Gasteiger partial charge in [0.1, 0.15) is 4.75 Å². The summed E-state index contributed by atoms with van der Waals surface area (Å²) in [5.41, 5.74) is 1.60. The van der Waals surface area contributed by atoms with E-state index in [9.17, 15) is 13.2 Å². The summed E-state index contributed by atoms with van der Waals surface area (Å²) in [7, 11) is -3.46. The van der Waals surface area contributed by atoms with Gasteiger partial charge in [0, 0.05) is 6.26 Å². The van der Waals surface area contributed by atoms with Crippen molar-refractivity contribution in [3.8, 4) is 0 Å². The summed E-state index contributed by atoms with van der Waals surface area (Å²) in [6, 6.07) is 0. The quantitative estimate of drug-likeness (QED) is 0.732. The van der Waals surface area contributed by atoms with Crippen molar-refractivity contribution in [2.24, 2.45) is 0 Å². The van der Waals surface area contributed by atoms with Crippen LogP contribution in [0.1, 0.15) is 34.6 Å². The molecule has 15 heavy (non-hydrogen) atoms.